The van der Waals surface area contributed by atoms with E-state index in [1.54, 1.807) is 24.2 Å². The molecule has 0 saturated carbocycles. The number of hydrogen-bond donors (Lipinski definition) is 0. The van der Waals surface area contributed by atoms with E-state index >= 15 is 0 Å². The van der Waals surface area contributed by atoms with Gasteiger partial charge in [0.25, 0.3) is 11.6 Å². The fourth-order valence-corrected chi connectivity index (χ4v) is 3.67. The van der Waals surface area contributed by atoms with Crippen LogP contribution in [0.1, 0.15) is 27.5 Å². The Balaban J connectivity index is 1.43. The predicted molar refractivity (Wildman–Crippen MR) is 124 cm³/mol. The zero-order chi connectivity index (χ0) is 24.1. The third kappa shape index (κ3) is 4.73. The van der Waals surface area contributed by atoms with Crippen molar-refractivity contribution in [2.75, 3.05) is 38.2 Å². The monoisotopic (exact) mass is 459 g/mol. The van der Waals surface area contributed by atoms with Gasteiger partial charge >= 0.3 is 0 Å². The number of rotatable bonds is 6. The van der Waals surface area contributed by atoms with E-state index in [-0.39, 0.29) is 17.3 Å². The van der Waals surface area contributed by atoms with Crippen LogP contribution in [0.25, 0.3) is 12.2 Å². The highest BCUT2D eigenvalue weighted by molar-refractivity contribution is 5.94. The first-order valence-electron chi connectivity index (χ1n) is 10.5. The first-order chi connectivity index (χ1) is 16.5. The number of methoxy groups -OCH3 is 1. The van der Waals surface area contributed by atoms with Crippen LogP contribution in [0, 0.1) is 21.4 Å². The first kappa shape index (κ1) is 22.5. The minimum absolute atomic E-state index is 0.0636. The Hall–Kier alpha value is -4.65. The smallest absolute Gasteiger partial charge is 0.269 e. The van der Waals surface area contributed by atoms with E-state index < -0.39 is 4.92 Å². The Morgan fingerprint density at radius 3 is 2.50 bits per heavy atom. The molecule has 10 heteroatoms. The van der Waals surface area contributed by atoms with Gasteiger partial charge in [-0.1, -0.05) is 18.2 Å². The minimum atomic E-state index is -0.503. The molecule has 172 valence electrons. The Bertz CT molecular complexity index is 1270. The van der Waals surface area contributed by atoms with E-state index in [1.165, 1.54) is 24.3 Å². The number of hydrogen-bond acceptors (Lipinski definition) is 8. The molecule has 0 unspecified atom stereocenters. The highest BCUT2D eigenvalue weighted by Crippen LogP contribution is 2.26. The zero-order valence-corrected chi connectivity index (χ0v) is 18.4. The van der Waals surface area contributed by atoms with Crippen molar-refractivity contribution in [2.45, 2.75) is 0 Å². The Morgan fingerprint density at radius 1 is 1.15 bits per heavy atom. The van der Waals surface area contributed by atoms with Gasteiger partial charge in [-0.05, 0) is 24.3 Å². The zero-order valence-electron chi connectivity index (χ0n) is 18.4. The number of ether oxygens (including phenoxy) is 1. The van der Waals surface area contributed by atoms with Crippen molar-refractivity contribution in [1.29, 1.82) is 5.26 Å². The number of amides is 1. The number of nitriles is 1. The molecule has 1 aliphatic heterocycles. The van der Waals surface area contributed by atoms with Crippen molar-refractivity contribution >= 4 is 29.6 Å². The summed E-state index contributed by atoms with van der Waals surface area (Å²) in [6.45, 7) is 1.73. The van der Waals surface area contributed by atoms with Gasteiger partial charge in [-0.3, -0.25) is 14.9 Å². The summed E-state index contributed by atoms with van der Waals surface area (Å²) in [5, 5.41) is 20.3. The normalized spacial score (nSPS) is 13.6. The molecule has 10 nitrogen and oxygen atoms in total. The summed E-state index contributed by atoms with van der Waals surface area (Å²) in [7, 11) is 1.59. The lowest BCUT2D eigenvalue weighted by Gasteiger charge is -2.34. The summed E-state index contributed by atoms with van der Waals surface area (Å²) in [6, 6.07) is 15.1. The molecule has 34 heavy (non-hydrogen) atoms. The summed E-state index contributed by atoms with van der Waals surface area (Å²) in [6.07, 6.45) is 3.48. The van der Waals surface area contributed by atoms with Crippen molar-refractivity contribution in [3.05, 3.63) is 81.4 Å². The molecule has 1 amide bonds. The molecule has 3 aromatic rings. The van der Waals surface area contributed by atoms with Crippen LogP contribution < -0.4 is 9.64 Å². The summed E-state index contributed by atoms with van der Waals surface area (Å²) in [5.41, 5.74) is 1.35. The molecule has 1 aliphatic rings. The summed E-state index contributed by atoms with van der Waals surface area (Å²) in [5.74, 6) is 1.17. The maximum atomic E-state index is 12.8. The number of oxazole rings is 1. The van der Waals surface area contributed by atoms with E-state index in [1.807, 2.05) is 29.2 Å². The fourth-order valence-electron chi connectivity index (χ4n) is 3.67. The third-order valence-electron chi connectivity index (χ3n) is 5.46. The highest BCUT2D eigenvalue weighted by atomic mass is 16.6. The van der Waals surface area contributed by atoms with E-state index in [0.29, 0.717) is 49.3 Å². The molecule has 2 aromatic carbocycles. The van der Waals surface area contributed by atoms with Crippen LogP contribution in [0.3, 0.4) is 0 Å². The van der Waals surface area contributed by atoms with E-state index in [9.17, 15) is 20.2 Å². The molecule has 1 saturated heterocycles. The molecule has 0 aliphatic carbocycles. The SMILES string of the molecule is COc1ccccc1/C=C/c1nc(C#N)c(N2CCN(C(=O)c3ccc([N+](=O)[O-])cc3)CC2)o1. The maximum Gasteiger partial charge on any atom is 0.269 e. The largest absolute Gasteiger partial charge is 0.496 e. The molecule has 0 atom stereocenters. The second-order valence-electron chi connectivity index (χ2n) is 7.48. The van der Waals surface area contributed by atoms with Crippen molar-refractivity contribution < 1.29 is 18.9 Å². The minimum Gasteiger partial charge on any atom is -0.496 e. The van der Waals surface area contributed by atoms with Crippen molar-refractivity contribution in [2.24, 2.45) is 0 Å². The lowest BCUT2D eigenvalue weighted by atomic mass is 10.1. The van der Waals surface area contributed by atoms with Gasteiger partial charge in [0.2, 0.25) is 17.5 Å². The highest BCUT2D eigenvalue weighted by Gasteiger charge is 2.26. The topological polar surface area (TPSA) is 126 Å². The van der Waals surface area contributed by atoms with E-state index in [4.69, 9.17) is 9.15 Å². The number of nitro groups is 1. The number of nitrogens with zero attached hydrogens (tertiary/aromatic N) is 5. The lowest BCUT2D eigenvalue weighted by Crippen LogP contribution is -2.48. The predicted octanol–water partition coefficient (Wildman–Crippen LogP) is 3.60. The molecular weight excluding hydrogens is 438 g/mol. The second kappa shape index (κ2) is 9.87. The van der Waals surface area contributed by atoms with Crippen LogP contribution in [0.15, 0.2) is 52.9 Å². The van der Waals surface area contributed by atoms with Gasteiger partial charge in [-0.25, -0.2) is 0 Å². The number of benzene rings is 2. The summed E-state index contributed by atoms with van der Waals surface area (Å²) < 4.78 is 11.2. The molecule has 1 fully saturated rings. The van der Waals surface area contributed by atoms with Crippen molar-refractivity contribution in [3.8, 4) is 11.8 Å². The third-order valence-corrected chi connectivity index (χ3v) is 5.46. The van der Waals surface area contributed by atoms with Gasteiger partial charge < -0.3 is 19.0 Å². The van der Waals surface area contributed by atoms with Gasteiger partial charge in [0.05, 0.1) is 12.0 Å². The van der Waals surface area contributed by atoms with Gasteiger partial charge in [0, 0.05) is 55.5 Å². The Morgan fingerprint density at radius 2 is 1.85 bits per heavy atom. The summed E-state index contributed by atoms with van der Waals surface area (Å²) in [4.78, 5) is 30.9. The average molecular weight is 459 g/mol. The van der Waals surface area contributed by atoms with E-state index in [2.05, 4.69) is 11.1 Å². The first-order valence-corrected chi connectivity index (χ1v) is 10.5. The maximum absolute atomic E-state index is 12.8. The number of anilines is 1. The Labute approximate surface area is 195 Å². The fraction of sp³-hybridized carbons (Fsp3) is 0.208. The van der Waals surface area contributed by atoms with Crippen molar-refractivity contribution in [1.82, 2.24) is 9.88 Å². The number of piperazine rings is 1. The number of non-ortho nitro benzene ring substituents is 1. The van der Waals surface area contributed by atoms with Gasteiger partial charge in [0.1, 0.15) is 11.8 Å². The quantitative estimate of drug-likeness (QED) is 0.404. The van der Waals surface area contributed by atoms with Crippen LogP contribution >= 0.6 is 0 Å². The standard InChI is InChI=1S/C24H21N5O5/c1-33-21-5-3-2-4-17(21)8-11-22-26-20(16-25)24(34-22)28-14-12-27(13-15-28)23(30)18-6-9-19(10-7-18)29(31)32/h2-11H,12-15H2,1H3/b11-8+. The molecular formula is C24H21N5O5. The lowest BCUT2D eigenvalue weighted by molar-refractivity contribution is -0.384. The number of aromatic nitrogens is 1. The van der Waals surface area contributed by atoms with Gasteiger partial charge in [-0.15, -0.1) is 0 Å². The van der Waals surface area contributed by atoms with Crippen molar-refractivity contribution in [3.63, 3.8) is 0 Å². The summed E-state index contributed by atoms with van der Waals surface area (Å²) >= 11 is 0. The van der Waals surface area contributed by atoms with Gasteiger partial charge in [-0.2, -0.15) is 10.2 Å². The number of carbonyl (C=O) groups excluding carboxylic acids is 1. The number of nitro benzene ring substituents is 1. The molecule has 0 spiro atoms. The Kier molecular flexibility index (Phi) is 6.54. The van der Waals surface area contributed by atoms with Crippen LogP contribution in [0.5, 0.6) is 5.75 Å². The molecule has 1 aromatic heterocycles. The van der Waals surface area contributed by atoms with E-state index in [0.717, 1.165) is 5.56 Å². The molecule has 4 rings (SSSR count). The molecule has 2 heterocycles. The van der Waals surface area contributed by atoms with Crippen LogP contribution in [-0.4, -0.2) is 54.0 Å². The molecule has 0 N–H and O–H groups in total. The van der Waals surface area contributed by atoms with Crippen LogP contribution in [-0.2, 0) is 0 Å². The number of para-hydroxylation sites is 1. The molecule has 0 bridgehead atoms. The van der Waals surface area contributed by atoms with Crippen LogP contribution in [0.2, 0.25) is 0 Å². The number of carbonyl (C=O) groups is 1. The average Bonchev–Trinajstić information content (AvgIpc) is 3.30. The second-order valence-corrected chi connectivity index (χ2v) is 7.48. The molecule has 0 radical (unpaired) electrons. The van der Waals surface area contributed by atoms with Crippen LogP contribution in [0.4, 0.5) is 11.6 Å². The van der Waals surface area contributed by atoms with Gasteiger partial charge in [0.15, 0.2) is 0 Å².